The van der Waals surface area contributed by atoms with E-state index < -0.39 is 17.4 Å². The van der Waals surface area contributed by atoms with E-state index in [4.69, 9.17) is 23.2 Å². The van der Waals surface area contributed by atoms with Crippen molar-refractivity contribution in [3.05, 3.63) is 33.8 Å². The molecule has 1 atom stereocenters. The van der Waals surface area contributed by atoms with Crippen molar-refractivity contribution in [3.63, 3.8) is 0 Å². The smallest absolute Gasteiger partial charge is 0.239 e. The van der Waals surface area contributed by atoms with Crippen molar-refractivity contribution in [2.45, 2.75) is 26.9 Å². The first-order valence-corrected chi connectivity index (χ1v) is 7.55. The number of aliphatic hydroxyl groups is 1. The lowest BCUT2D eigenvalue weighted by Crippen LogP contribution is -2.42. The fraction of sp³-hybridized carbons (Fsp3) is 0.467. The van der Waals surface area contributed by atoms with E-state index in [2.05, 4.69) is 10.6 Å². The molecule has 0 saturated heterocycles. The Bertz CT molecular complexity index is 536. The molecular formula is C15H20Cl2N2O3. The highest BCUT2D eigenvalue weighted by atomic mass is 35.5. The van der Waals surface area contributed by atoms with Gasteiger partial charge >= 0.3 is 0 Å². The second-order valence-electron chi connectivity index (χ2n) is 5.89. The van der Waals surface area contributed by atoms with Gasteiger partial charge in [-0.05, 0) is 12.1 Å². The molecule has 1 aromatic carbocycles. The predicted octanol–water partition coefficient (Wildman–Crippen LogP) is 2.31. The number of rotatable bonds is 5. The van der Waals surface area contributed by atoms with Gasteiger partial charge in [0.25, 0.3) is 0 Å². The number of carbonyl (C=O) groups is 2. The molecule has 7 heteroatoms. The van der Waals surface area contributed by atoms with Crippen LogP contribution >= 0.6 is 23.2 Å². The van der Waals surface area contributed by atoms with Crippen LogP contribution in [0.3, 0.4) is 0 Å². The van der Waals surface area contributed by atoms with E-state index in [0.29, 0.717) is 15.6 Å². The van der Waals surface area contributed by atoms with Crippen molar-refractivity contribution in [1.82, 2.24) is 10.6 Å². The summed E-state index contributed by atoms with van der Waals surface area (Å²) in [7, 11) is 0. The van der Waals surface area contributed by atoms with Crippen molar-refractivity contribution in [1.29, 1.82) is 0 Å². The molecule has 22 heavy (non-hydrogen) atoms. The maximum absolute atomic E-state index is 11.7. The molecule has 0 spiro atoms. The number of aliphatic hydroxyl groups excluding tert-OH is 1. The molecule has 0 bridgehead atoms. The van der Waals surface area contributed by atoms with Crippen LogP contribution in [-0.2, 0) is 9.59 Å². The first-order chi connectivity index (χ1) is 10.1. The summed E-state index contributed by atoms with van der Waals surface area (Å²) in [5, 5.41) is 15.8. The van der Waals surface area contributed by atoms with Crippen LogP contribution in [0, 0.1) is 5.41 Å². The molecule has 0 saturated carbocycles. The summed E-state index contributed by atoms with van der Waals surface area (Å²) in [5.41, 5.74) is -0.199. The summed E-state index contributed by atoms with van der Waals surface area (Å²) in [4.78, 5) is 23.3. The highest BCUT2D eigenvalue weighted by Gasteiger charge is 2.21. The van der Waals surface area contributed by atoms with Gasteiger partial charge in [-0.25, -0.2) is 0 Å². The number of nitrogens with one attached hydrogen (secondary N) is 2. The molecule has 122 valence electrons. The lowest BCUT2D eigenvalue weighted by atomic mass is 9.96. The molecular weight excluding hydrogens is 327 g/mol. The molecule has 0 fully saturated rings. The fourth-order valence-corrected chi connectivity index (χ4v) is 2.28. The number of hydrogen-bond donors (Lipinski definition) is 3. The van der Waals surface area contributed by atoms with E-state index in [1.54, 1.807) is 39.0 Å². The summed E-state index contributed by atoms with van der Waals surface area (Å²) in [6.45, 7) is 5.06. The number of halogens is 2. The first kappa shape index (κ1) is 18.7. The minimum atomic E-state index is -1.02. The highest BCUT2D eigenvalue weighted by molar-refractivity contribution is 6.36. The van der Waals surface area contributed by atoms with Crippen molar-refractivity contribution < 1.29 is 14.7 Å². The Kier molecular flexibility index (Phi) is 6.66. The normalized spacial score (nSPS) is 12.6. The Labute approximate surface area is 140 Å². The Morgan fingerprint density at radius 1 is 1.18 bits per heavy atom. The number of amides is 2. The third-order valence-electron chi connectivity index (χ3n) is 2.92. The fourth-order valence-electron chi connectivity index (χ4n) is 1.63. The van der Waals surface area contributed by atoms with Gasteiger partial charge in [-0.15, -0.1) is 0 Å². The minimum Gasteiger partial charge on any atom is -0.386 e. The average molecular weight is 347 g/mol. The van der Waals surface area contributed by atoms with Gasteiger partial charge in [0.2, 0.25) is 11.8 Å². The number of hydrogen-bond acceptors (Lipinski definition) is 3. The van der Waals surface area contributed by atoms with Crippen molar-refractivity contribution >= 4 is 35.0 Å². The summed E-state index contributed by atoms with van der Waals surface area (Å²) >= 11 is 12.0. The van der Waals surface area contributed by atoms with Crippen molar-refractivity contribution in [2.24, 2.45) is 5.41 Å². The van der Waals surface area contributed by atoms with E-state index in [1.807, 2.05) is 0 Å². The lowest BCUT2D eigenvalue weighted by Gasteiger charge is -2.18. The second kappa shape index (κ2) is 7.81. The van der Waals surface area contributed by atoms with Crippen LogP contribution in [0.2, 0.25) is 10.0 Å². The number of benzene rings is 1. The van der Waals surface area contributed by atoms with Gasteiger partial charge in [0.05, 0.1) is 12.6 Å². The van der Waals surface area contributed by atoms with E-state index in [0.717, 1.165) is 0 Å². The van der Waals surface area contributed by atoms with Crippen LogP contribution in [0.4, 0.5) is 0 Å². The third kappa shape index (κ3) is 5.48. The number of carbonyl (C=O) groups excluding carboxylic acids is 2. The van der Waals surface area contributed by atoms with Gasteiger partial charge in [0, 0.05) is 27.6 Å². The zero-order valence-corrected chi connectivity index (χ0v) is 14.3. The van der Waals surface area contributed by atoms with Crippen LogP contribution in [0.15, 0.2) is 18.2 Å². The second-order valence-corrected chi connectivity index (χ2v) is 6.70. The Balaban J connectivity index is 2.49. The molecule has 0 aliphatic heterocycles. The zero-order valence-electron chi connectivity index (χ0n) is 12.7. The molecule has 0 aliphatic carbocycles. The van der Waals surface area contributed by atoms with Crippen LogP contribution in [-0.4, -0.2) is 30.0 Å². The summed E-state index contributed by atoms with van der Waals surface area (Å²) in [6.07, 6.45) is -1.02. The topological polar surface area (TPSA) is 78.4 Å². The first-order valence-electron chi connectivity index (χ1n) is 6.80. The van der Waals surface area contributed by atoms with Gasteiger partial charge in [0.15, 0.2) is 0 Å². The van der Waals surface area contributed by atoms with Gasteiger partial charge in [-0.2, -0.15) is 0 Å². The quantitative estimate of drug-likeness (QED) is 0.765. The van der Waals surface area contributed by atoms with Crippen molar-refractivity contribution in [3.8, 4) is 0 Å². The molecule has 0 aromatic heterocycles. The van der Waals surface area contributed by atoms with E-state index in [-0.39, 0.29) is 19.0 Å². The molecule has 0 radical (unpaired) electrons. The summed E-state index contributed by atoms with van der Waals surface area (Å²) < 4.78 is 0. The van der Waals surface area contributed by atoms with Crippen molar-refractivity contribution in [2.75, 3.05) is 13.1 Å². The van der Waals surface area contributed by atoms with Gasteiger partial charge in [-0.1, -0.05) is 50.0 Å². The predicted molar refractivity (Wildman–Crippen MR) is 86.9 cm³/mol. The highest BCUT2D eigenvalue weighted by Crippen LogP contribution is 2.29. The summed E-state index contributed by atoms with van der Waals surface area (Å²) in [5.74, 6) is -0.628. The van der Waals surface area contributed by atoms with E-state index in [1.165, 1.54) is 0 Å². The minimum absolute atomic E-state index is 0.0479. The molecule has 1 rings (SSSR count). The van der Waals surface area contributed by atoms with E-state index in [9.17, 15) is 14.7 Å². The van der Waals surface area contributed by atoms with Crippen LogP contribution in [0.1, 0.15) is 32.4 Å². The molecule has 5 nitrogen and oxygen atoms in total. The molecule has 3 N–H and O–H groups in total. The molecule has 0 aliphatic rings. The summed E-state index contributed by atoms with van der Waals surface area (Å²) in [6, 6.07) is 4.89. The SMILES string of the molecule is CC(C)(C)C(=O)NCC(=O)NC[C@H](O)c1c(Cl)cccc1Cl. The maximum Gasteiger partial charge on any atom is 0.239 e. The van der Waals surface area contributed by atoms with Gasteiger partial charge in [0.1, 0.15) is 0 Å². The molecule has 0 unspecified atom stereocenters. The lowest BCUT2D eigenvalue weighted by molar-refractivity contribution is -0.131. The molecule has 1 aromatic rings. The maximum atomic E-state index is 11.7. The Hall–Kier alpha value is -1.30. The van der Waals surface area contributed by atoms with Crippen LogP contribution in [0.5, 0.6) is 0 Å². The standard InChI is InChI=1S/C15H20Cl2N2O3/c1-15(2,3)14(22)19-8-12(21)18-7-11(20)13-9(16)5-4-6-10(13)17/h4-6,11,20H,7-8H2,1-3H3,(H,18,21)(H,19,22)/t11-/m0/s1. The van der Waals surface area contributed by atoms with E-state index >= 15 is 0 Å². The zero-order chi connectivity index (χ0) is 16.9. The third-order valence-corrected chi connectivity index (χ3v) is 3.58. The van der Waals surface area contributed by atoms with Gasteiger partial charge in [-0.3, -0.25) is 9.59 Å². The molecule has 0 heterocycles. The largest absolute Gasteiger partial charge is 0.386 e. The molecule has 2 amide bonds. The monoisotopic (exact) mass is 346 g/mol. The van der Waals surface area contributed by atoms with Crippen LogP contribution in [0.25, 0.3) is 0 Å². The Morgan fingerprint density at radius 2 is 1.73 bits per heavy atom. The Morgan fingerprint density at radius 3 is 2.23 bits per heavy atom. The average Bonchev–Trinajstić information content (AvgIpc) is 2.41. The van der Waals surface area contributed by atoms with Gasteiger partial charge < -0.3 is 15.7 Å². The van der Waals surface area contributed by atoms with Crippen LogP contribution < -0.4 is 10.6 Å².